The molecule has 4 heteroatoms. The summed E-state index contributed by atoms with van der Waals surface area (Å²) in [5.74, 6) is 0. The highest BCUT2D eigenvalue weighted by atomic mass is 15.1. The Bertz CT molecular complexity index is 233. The first kappa shape index (κ1) is 6.67. The average Bonchev–Trinajstić information content (AvgIpc) is 2.04. The molecular formula is C6H8N4. The molecule has 0 saturated carbocycles. The van der Waals surface area contributed by atoms with Gasteiger partial charge in [0, 0.05) is 13.3 Å². The van der Waals surface area contributed by atoms with E-state index in [9.17, 15) is 0 Å². The monoisotopic (exact) mass is 136 g/mol. The van der Waals surface area contributed by atoms with E-state index in [4.69, 9.17) is 5.41 Å². The van der Waals surface area contributed by atoms with E-state index in [1.807, 2.05) is 0 Å². The van der Waals surface area contributed by atoms with E-state index in [2.05, 4.69) is 15.5 Å². The van der Waals surface area contributed by atoms with Crippen LogP contribution < -0.4 is 5.32 Å². The van der Waals surface area contributed by atoms with Crippen LogP contribution in [-0.4, -0.2) is 23.5 Å². The number of rotatable bonds is 2. The topological polar surface area (TPSA) is 61.7 Å². The van der Waals surface area contributed by atoms with Gasteiger partial charge in [0.1, 0.15) is 5.69 Å². The number of hydrogen-bond donors (Lipinski definition) is 2. The third-order valence-corrected chi connectivity index (χ3v) is 1.16. The first-order valence-electron chi connectivity index (χ1n) is 2.88. The second kappa shape index (κ2) is 2.91. The van der Waals surface area contributed by atoms with Crippen LogP contribution >= 0.6 is 0 Å². The van der Waals surface area contributed by atoms with Crippen molar-refractivity contribution >= 4 is 11.9 Å². The summed E-state index contributed by atoms with van der Waals surface area (Å²) in [4.78, 5) is 0. The van der Waals surface area contributed by atoms with Crippen LogP contribution in [0.15, 0.2) is 12.3 Å². The van der Waals surface area contributed by atoms with Crippen molar-refractivity contribution in [2.45, 2.75) is 0 Å². The number of hydrogen-bond acceptors (Lipinski definition) is 4. The van der Waals surface area contributed by atoms with Crippen LogP contribution in [0.5, 0.6) is 0 Å². The molecule has 0 amide bonds. The molecule has 0 aliphatic heterocycles. The molecule has 2 N–H and O–H groups in total. The lowest BCUT2D eigenvalue weighted by atomic mass is 10.3. The van der Waals surface area contributed by atoms with E-state index >= 15 is 0 Å². The number of nitrogens with one attached hydrogen (secondary N) is 2. The van der Waals surface area contributed by atoms with Crippen molar-refractivity contribution in [2.75, 3.05) is 12.4 Å². The van der Waals surface area contributed by atoms with Gasteiger partial charge in [0.2, 0.25) is 0 Å². The molecular weight excluding hydrogens is 128 g/mol. The predicted molar refractivity (Wildman–Crippen MR) is 39.5 cm³/mol. The van der Waals surface area contributed by atoms with E-state index in [-0.39, 0.29) is 0 Å². The summed E-state index contributed by atoms with van der Waals surface area (Å²) in [7, 11) is 1.78. The van der Waals surface area contributed by atoms with Gasteiger partial charge in [0.05, 0.1) is 11.9 Å². The second-order valence-corrected chi connectivity index (χ2v) is 1.72. The van der Waals surface area contributed by atoms with E-state index in [0.717, 1.165) is 5.69 Å². The molecule has 0 unspecified atom stereocenters. The second-order valence-electron chi connectivity index (χ2n) is 1.72. The Hall–Kier alpha value is -1.45. The Morgan fingerprint density at radius 2 is 2.50 bits per heavy atom. The Labute approximate surface area is 58.8 Å². The Morgan fingerprint density at radius 1 is 1.70 bits per heavy atom. The Kier molecular flexibility index (Phi) is 1.94. The quantitative estimate of drug-likeness (QED) is 0.582. The third kappa shape index (κ3) is 1.10. The predicted octanol–water partition coefficient (Wildman–Crippen LogP) is 0.516. The lowest BCUT2D eigenvalue weighted by Crippen LogP contribution is -1.97. The lowest BCUT2D eigenvalue weighted by molar-refractivity contribution is 1.02. The molecule has 0 spiro atoms. The fraction of sp³-hybridized carbons (Fsp3) is 0.167. The molecule has 1 aromatic rings. The summed E-state index contributed by atoms with van der Waals surface area (Å²) in [5.41, 5.74) is 1.38. The molecule has 1 rings (SSSR count). The zero-order valence-corrected chi connectivity index (χ0v) is 5.63. The highest BCUT2D eigenvalue weighted by Gasteiger charge is 1.95. The number of nitrogens with zero attached hydrogens (tertiary/aromatic N) is 2. The van der Waals surface area contributed by atoms with E-state index < -0.39 is 0 Å². The van der Waals surface area contributed by atoms with Gasteiger partial charge in [-0.2, -0.15) is 5.10 Å². The summed E-state index contributed by atoms with van der Waals surface area (Å²) in [6.07, 6.45) is 2.75. The molecule has 0 aromatic carbocycles. The molecule has 0 saturated heterocycles. The van der Waals surface area contributed by atoms with Crippen LogP contribution in [0, 0.1) is 5.41 Å². The third-order valence-electron chi connectivity index (χ3n) is 1.16. The van der Waals surface area contributed by atoms with Gasteiger partial charge in [0.25, 0.3) is 0 Å². The summed E-state index contributed by atoms with van der Waals surface area (Å²) >= 11 is 0. The van der Waals surface area contributed by atoms with Gasteiger partial charge in [-0.05, 0) is 6.07 Å². The minimum Gasteiger partial charge on any atom is -0.386 e. The van der Waals surface area contributed by atoms with Crippen LogP contribution in [-0.2, 0) is 0 Å². The maximum absolute atomic E-state index is 6.92. The van der Waals surface area contributed by atoms with Gasteiger partial charge < -0.3 is 10.7 Å². The Balaban J connectivity index is 3.08. The van der Waals surface area contributed by atoms with Crippen molar-refractivity contribution < 1.29 is 0 Å². The maximum atomic E-state index is 6.92. The standard InChI is InChI=1S/C6H8N4/c1-8-5-2-3-9-10-6(5)4-7/h2-4,7H,1H3,(H,8,9). The van der Waals surface area contributed by atoms with Gasteiger partial charge in [-0.25, -0.2) is 0 Å². The maximum Gasteiger partial charge on any atom is 0.126 e. The van der Waals surface area contributed by atoms with Crippen LogP contribution in [0.4, 0.5) is 5.69 Å². The minimum absolute atomic E-state index is 0.560. The van der Waals surface area contributed by atoms with Crippen molar-refractivity contribution in [2.24, 2.45) is 0 Å². The molecule has 0 bridgehead atoms. The molecule has 0 atom stereocenters. The van der Waals surface area contributed by atoms with Crippen LogP contribution in [0.2, 0.25) is 0 Å². The summed E-state index contributed by atoms with van der Waals surface area (Å²) < 4.78 is 0. The van der Waals surface area contributed by atoms with Crippen molar-refractivity contribution in [3.63, 3.8) is 0 Å². The largest absolute Gasteiger partial charge is 0.386 e. The van der Waals surface area contributed by atoms with Gasteiger partial charge in [-0.15, -0.1) is 5.10 Å². The highest BCUT2D eigenvalue weighted by Crippen LogP contribution is 2.05. The summed E-state index contributed by atoms with van der Waals surface area (Å²) in [5, 5.41) is 17.1. The van der Waals surface area contributed by atoms with Crippen LogP contribution in [0.1, 0.15) is 5.69 Å². The Morgan fingerprint density at radius 3 is 3.00 bits per heavy atom. The van der Waals surface area contributed by atoms with Gasteiger partial charge in [-0.3, -0.25) is 0 Å². The summed E-state index contributed by atoms with van der Waals surface area (Å²) in [6.45, 7) is 0. The summed E-state index contributed by atoms with van der Waals surface area (Å²) in [6, 6.07) is 1.77. The molecule has 0 fully saturated rings. The van der Waals surface area contributed by atoms with Crippen molar-refractivity contribution in [3.05, 3.63) is 18.0 Å². The van der Waals surface area contributed by atoms with Crippen molar-refractivity contribution in [1.82, 2.24) is 10.2 Å². The SMILES string of the molecule is CNc1ccnnc1C=N. The molecule has 52 valence electrons. The van der Waals surface area contributed by atoms with Gasteiger partial charge in [0.15, 0.2) is 0 Å². The molecule has 4 nitrogen and oxygen atoms in total. The van der Waals surface area contributed by atoms with Crippen molar-refractivity contribution in [3.8, 4) is 0 Å². The van der Waals surface area contributed by atoms with Crippen molar-refractivity contribution in [1.29, 1.82) is 5.41 Å². The van der Waals surface area contributed by atoms with E-state index in [0.29, 0.717) is 5.69 Å². The lowest BCUT2D eigenvalue weighted by Gasteiger charge is -1.99. The van der Waals surface area contributed by atoms with Gasteiger partial charge >= 0.3 is 0 Å². The molecule has 0 aliphatic rings. The number of anilines is 1. The number of aromatic nitrogens is 2. The first-order chi connectivity index (χ1) is 4.88. The van der Waals surface area contributed by atoms with Gasteiger partial charge in [-0.1, -0.05) is 0 Å². The smallest absolute Gasteiger partial charge is 0.126 e. The molecule has 1 aromatic heterocycles. The normalized spacial score (nSPS) is 8.90. The molecule has 10 heavy (non-hydrogen) atoms. The first-order valence-corrected chi connectivity index (χ1v) is 2.88. The fourth-order valence-electron chi connectivity index (χ4n) is 0.661. The van der Waals surface area contributed by atoms with E-state index in [1.165, 1.54) is 6.21 Å². The average molecular weight is 136 g/mol. The highest BCUT2D eigenvalue weighted by molar-refractivity contribution is 5.82. The zero-order valence-electron chi connectivity index (χ0n) is 5.63. The van der Waals surface area contributed by atoms with Crippen LogP contribution in [0.25, 0.3) is 0 Å². The van der Waals surface area contributed by atoms with Crippen LogP contribution in [0.3, 0.4) is 0 Å². The van der Waals surface area contributed by atoms with E-state index in [1.54, 1.807) is 19.3 Å². The fourth-order valence-corrected chi connectivity index (χ4v) is 0.661. The minimum atomic E-state index is 0.560. The zero-order chi connectivity index (χ0) is 7.40. The molecule has 1 heterocycles. The molecule has 0 aliphatic carbocycles. The molecule has 0 radical (unpaired) electrons.